The van der Waals surface area contributed by atoms with Gasteiger partial charge in [-0.05, 0) is 29.8 Å². The van der Waals surface area contributed by atoms with E-state index in [1.807, 2.05) is 0 Å². The number of sulfonamides is 1. The fourth-order valence-corrected chi connectivity index (χ4v) is 2.60. The van der Waals surface area contributed by atoms with Crippen LogP contribution in [0.2, 0.25) is 5.02 Å². The van der Waals surface area contributed by atoms with Gasteiger partial charge < -0.3 is 10.4 Å². The van der Waals surface area contributed by atoms with Gasteiger partial charge in [0.25, 0.3) is 0 Å². The summed E-state index contributed by atoms with van der Waals surface area (Å²) in [6, 6.07) is 11.2. The second-order valence-corrected chi connectivity index (χ2v) is 6.50. The molecular formula is C14H15ClN2O3S. The number of halogens is 1. The molecule has 7 heteroatoms. The first-order valence-electron chi connectivity index (χ1n) is 6.17. The average molecular weight is 327 g/mol. The zero-order chi connectivity index (χ0) is 15.5. The lowest BCUT2D eigenvalue weighted by Crippen LogP contribution is -2.14. The minimum Gasteiger partial charge on any atom is -0.508 e. The Morgan fingerprint density at radius 3 is 2.33 bits per heavy atom. The van der Waals surface area contributed by atoms with Gasteiger partial charge in [0.05, 0.1) is 4.90 Å². The Kier molecular flexibility index (Phi) is 4.84. The number of nitrogens with two attached hydrogens (primary N) is 1. The van der Waals surface area contributed by atoms with Gasteiger partial charge in [-0.2, -0.15) is 0 Å². The SMILES string of the molecule is NS(=O)(=O)c1ccc(CNCc2c(O)cccc2Cl)cc1. The highest BCUT2D eigenvalue weighted by Gasteiger charge is 2.07. The molecule has 0 saturated carbocycles. The molecule has 0 unspecified atom stereocenters. The Morgan fingerprint density at radius 2 is 1.76 bits per heavy atom. The van der Waals surface area contributed by atoms with Gasteiger partial charge in [-0.15, -0.1) is 0 Å². The van der Waals surface area contributed by atoms with E-state index in [9.17, 15) is 13.5 Å². The Bertz CT molecular complexity index is 710. The van der Waals surface area contributed by atoms with Gasteiger partial charge in [0.2, 0.25) is 10.0 Å². The van der Waals surface area contributed by atoms with E-state index in [0.717, 1.165) is 5.56 Å². The van der Waals surface area contributed by atoms with Crippen LogP contribution >= 0.6 is 11.6 Å². The summed E-state index contributed by atoms with van der Waals surface area (Å²) in [6.07, 6.45) is 0. The minimum absolute atomic E-state index is 0.0787. The van der Waals surface area contributed by atoms with Gasteiger partial charge in [-0.3, -0.25) is 0 Å². The highest BCUT2D eigenvalue weighted by atomic mass is 35.5. The topological polar surface area (TPSA) is 92.4 Å². The van der Waals surface area contributed by atoms with E-state index in [-0.39, 0.29) is 10.6 Å². The Labute approximate surface area is 128 Å². The van der Waals surface area contributed by atoms with Crippen molar-refractivity contribution in [2.45, 2.75) is 18.0 Å². The third kappa shape index (κ3) is 4.18. The van der Waals surface area contributed by atoms with Gasteiger partial charge in [0.1, 0.15) is 5.75 Å². The number of rotatable bonds is 5. The zero-order valence-corrected chi connectivity index (χ0v) is 12.7. The van der Waals surface area contributed by atoms with Crippen LogP contribution < -0.4 is 10.5 Å². The Morgan fingerprint density at radius 1 is 1.10 bits per heavy atom. The van der Waals surface area contributed by atoms with Crippen molar-refractivity contribution < 1.29 is 13.5 Å². The third-order valence-corrected chi connectivity index (χ3v) is 4.26. The maximum atomic E-state index is 11.1. The Balaban J connectivity index is 1.98. The van der Waals surface area contributed by atoms with Crippen LogP contribution in [0.25, 0.3) is 0 Å². The number of phenols is 1. The molecule has 0 aliphatic carbocycles. The molecule has 0 bridgehead atoms. The van der Waals surface area contributed by atoms with Crippen LogP contribution in [0.15, 0.2) is 47.4 Å². The smallest absolute Gasteiger partial charge is 0.238 e. The quantitative estimate of drug-likeness (QED) is 0.783. The predicted octanol–water partition coefficient (Wildman–Crippen LogP) is 1.98. The number of nitrogens with one attached hydrogen (secondary N) is 1. The van der Waals surface area contributed by atoms with Crippen molar-refractivity contribution in [2.24, 2.45) is 5.14 Å². The molecule has 0 aromatic heterocycles. The molecule has 21 heavy (non-hydrogen) atoms. The van der Waals surface area contributed by atoms with Crippen LogP contribution in [0.3, 0.4) is 0 Å². The molecule has 0 aliphatic heterocycles. The van der Waals surface area contributed by atoms with E-state index in [2.05, 4.69) is 5.32 Å². The molecule has 0 amide bonds. The molecule has 2 aromatic rings. The van der Waals surface area contributed by atoms with Crippen molar-refractivity contribution in [3.63, 3.8) is 0 Å². The van der Waals surface area contributed by atoms with Crippen LogP contribution in [0.5, 0.6) is 5.75 Å². The monoisotopic (exact) mass is 326 g/mol. The second kappa shape index (κ2) is 6.44. The normalized spacial score (nSPS) is 11.5. The van der Waals surface area contributed by atoms with Crippen molar-refractivity contribution in [1.82, 2.24) is 5.32 Å². The molecule has 2 rings (SSSR count). The summed E-state index contributed by atoms with van der Waals surface area (Å²) < 4.78 is 22.3. The fraction of sp³-hybridized carbons (Fsp3) is 0.143. The van der Waals surface area contributed by atoms with Gasteiger partial charge in [-0.1, -0.05) is 29.8 Å². The minimum atomic E-state index is -3.67. The van der Waals surface area contributed by atoms with Crippen LogP contribution in [0, 0.1) is 0 Å². The van der Waals surface area contributed by atoms with Crippen molar-refractivity contribution in [1.29, 1.82) is 0 Å². The summed E-state index contributed by atoms with van der Waals surface area (Å²) in [5.74, 6) is 0.138. The van der Waals surface area contributed by atoms with Crippen molar-refractivity contribution in [3.8, 4) is 5.75 Å². The fourth-order valence-electron chi connectivity index (χ4n) is 1.85. The molecule has 0 heterocycles. The van der Waals surface area contributed by atoms with E-state index in [0.29, 0.717) is 23.7 Å². The Hall–Kier alpha value is -1.60. The number of aromatic hydroxyl groups is 1. The second-order valence-electron chi connectivity index (χ2n) is 4.53. The summed E-state index contributed by atoms with van der Waals surface area (Å²) in [6.45, 7) is 0.915. The average Bonchev–Trinajstić information content (AvgIpc) is 2.42. The van der Waals surface area contributed by atoms with Crippen LogP contribution in [0.1, 0.15) is 11.1 Å². The molecule has 112 valence electrons. The molecule has 0 aliphatic rings. The van der Waals surface area contributed by atoms with Gasteiger partial charge in [0.15, 0.2) is 0 Å². The van der Waals surface area contributed by atoms with E-state index in [1.165, 1.54) is 12.1 Å². The highest BCUT2D eigenvalue weighted by molar-refractivity contribution is 7.89. The van der Waals surface area contributed by atoms with Crippen molar-refractivity contribution in [3.05, 3.63) is 58.6 Å². The van der Waals surface area contributed by atoms with Crippen molar-refractivity contribution >= 4 is 21.6 Å². The summed E-state index contributed by atoms with van der Waals surface area (Å²) in [4.78, 5) is 0.0787. The molecule has 0 atom stereocenters. The first kappa shape index (κ1) is 15.8. The number of primary sulfonamides is 1. The van der Waals surface area contributed by atoms with Gasteiger partial charge in [-0.25, -0.2) is 13.6 Å². The maximum Gasteiger partial charge on any atom is 0.238 e. The van der Waals surface area contributed by atoms with E-state index in [1.54, 1.807) is 30.3 Å². The number of phenolic OH excluding ortho intramolecular Hbond substituents is 1. The molecule has 4 N–H and O–H groups in total. The number of hydrogen-bond acceptors (Lipinski definition) is 4. The number of hydrogen-bond donors (Lipinski definition) is 3. The van der Waals surface area contributed by atoms with E-state index in [4.69, 9.17) is 16.7 Å². The third-order valence-electron chi connectivity index (χ3n) is 2.98. The lowest BCUT2D eigenvalue weighted by atomic mass is 10.2. The predicted molar refractivity (Wildman–Crippen MR) is 81.5 cm³/mol. The number of benzene rings is 2. The highest BCUT2D eigenvalue weighted by Crippen LogP contribution is 2.24. The summed E-state index contributed by atoms with van der Waals surface area (Å²) in [5, 5.41) is 18.4. The molecule has 0 radical (unpaired) electrons. The summed E-state index contributed by atoms with van der Waals surface area (Å²) in [5.41, 5.74) is 1.52. The molecule has 0 spiro atoms. The molecule has 2 aromatic carbocycles. The van der Waals surface area contributed by atoms with Crippen LogP contribution in [-0.2, 0) is 23.1 Å². The molecular weight excluding hydrogens is 312 g/mol. The first-order chi connectivity index (χ1) is 9.88. The molecule has 0 fully saturated rings. The maximum absolute atomic E-state index is 11.1. The van der Waals surface area contributed by atoms with Gasteiger partial charge in [0, 0.05) is 23.7 Å². The van der Waals surface area contributed by atoms with Crippen LogP contribution in [0.4, 0.5) is 0 Å². The van der Waals surface area contributed by atoms with Crippen LogP contribution in [-0.4, -0.2) is 13.5 Å². The molecule has 5 nitrogen and oxygen atoms in total. The van der Waals surface area contributed by atoms with E-state index < -0.39 is 10.0 Å². The lowest BCUT2D eigenvalue weighted by molar-refractivity contribution is 0.464. The largest absolute Gasteiger partial charge is 0.508 e. The summed E-state index contributed by atoms with van der Waals surface area (Å²) in [7, 11) is -3.67. The van der Waals surface area contributed by atoms with Crippen molar-refractivity contribution in [2.75, 3.05) is 0 Å². The zero-order valence-electron chi connectivity index (χ0n) is 11.1. The summed E-state index contributed by atoms with van der Waals surface area (Å²) >= 11 is 6.00. The molecule has 0 saturated heterocycles. The lowest BCUT2D eigenvalue weighted by Gasteiger charge is -2.09. The standard InChI is InChI=1S/C14H15ClN2O3S/c15-13-2-1-3-14(18)12(13)9-17-8-10-4-6-11(7-5-10)21(16,19)20/h1-7,17-18H,8-9H2,(H2,16,19,20). The van der Waals surface area contributed by atoms with E-state index >= 15 is 0 Å². The van der Waals surface area contributed by atoms with Gasteiger partial charge >= 0.3 is 0 Å². The first-order valence-corrected chi connectivity index (χ1v) is 8.09.